The fraction of sp³-hybridized carbons (Fsp3) is 0.650. The first kappa shape index (κ1) is 23.8. The monoisotopic (exact) mass is 474 g/mol. The van der Waals surface area contributed by atoms with Crippen LogP contribution in [0, 0.1) is 5.92 Å². The fourth-order valence-corrected chi connectivity index (χ4v) is 7.27. The summed E-state index contributed by atoms with van der Waals surface area (Å²) in [5.41, 5.74) is 0.306. The van der Waals surface area contributed by atoms with Crippen LogP contribution in [-0.2, 0) is 29.6 Å². The molecule has 0 saturated carbocycles. The molecule has 0 bridgehead atoms. The Kier molecular flexibility index (Phi) is 7.48. The second-order valence-electron chi connectivity index (χ2n) is 7.61. The Balaban J connectivity index is 1.97. The summed E-state index contributed by atoms with van der Waals surface area (Å²) in [5, 5.41) is 0. The molecule has 2 aliphatic rings. The third-order valence-electron chi connectivity index (χ3n) is 5.49. The van der Waals surface area contributed by atoms with Crippen LogP contribution in [0.4, 0.5) is 5.69 Å². The molecule has 0 aliphatic carbocycles. The van der Waals surface area contributed by atoms with Crippen molar-refractivity contribution in [3.8, 4) is 5.75 Å². The molecule has 1 unspecified atom stereocenters. The van der Waals surface area contributed by atoms with Crippen molar-refractivity contribution in [2.24, 2.45) is 5.92 Å². The molecule has 3 rings (SSSR count). The largest absolute Gasteiger partial charge is 0.492 e. The molecule has 0 aromatic heterocycles. The lowest BCUT2D eigenvalue weighted by atomic mass is 10.0. The smallest absolute Gasteiger partial charge is 0.310 e. The van der Waals surface area contributed by atoms with Crippen LogP contribution >= 0.6 is 0 Å². The molecule has 2 fully saturated rings. The van der Waals surface area contributed by atoms with Crippen LogP contribution in [0.15, 0.2) is 23.1 Å². The van der Waals surface area contributed by atoms with Crippen LogP contribution in [0.2, 0.25) is 0 Å². The Bertz CT molecular complexity index is 1010. The van der Waals surface area contributed by atoms with E-state index in [0.29, 0.717) is 37.9 Å². The van der Waals surface area contributed by atoms with Gasteiger partial charge in [0.2, 0.25) is 20.0 Å². The van der Waals surface area contributed by atoms with E-state index < -0.39 is 31.9 Å². The number of hydrogen-bond acceptors (Lipinski definition) is 7. The van der Waals surface area contributed by atoms with Gasteiger partial charge in [-0.1, -0.05) is 0 Å². The first-order valence-electron chi connectivity index (χ1n) is 10.6. The van der Waals surface area contributed by atoms with Crippen molar-refractivity contribution in [3.05, 3.63) is 18.2 Å². The van der Waals surface area contributed by atoms with Gasteiger partial charge in [0, 0.05) is 19.6 Å². The van der Waals surface area contributed by atoms with Crippen LogP contribution in [0.25, 0.3) is 0 Å². The van der Waals surface area contributed by atoms with E-state index in [1.54, 1.807) is 19.9 Å². The third-order valence-corrected chi connectivity index (χ3v) is 9.24. The van der Waals surface area contributed by atoms with Gasteiger partial charge in [0.25, 0.3) is 0 Å². The molecule has 1 atom stereocenters. The minimum absolute atomic E-state index is 0.0268. The number of ether oxygens (including phenoxy) is 2. The van der Waals surface area contributed by atoms with E-state index >= 15 is 0 Å². The summed E-state index contributed by atoms with van der Waals surface area (Å²) in [6.45, 7) is 4.57. The van der Waals surface area contributed by atoms with Crippen LogP contribution in [-0.4, -0.2) is 65.7 Å². The number of piperidine rings is 1. The standard InChI is InChI=1S/C20H30N2O7S2/c1-3-28-18-10-9-17(22-12-5-6-13-30(22,24)25)14-19(18)31(26,27)21-11-7-8-16(15-21)20(23)29-4-2/h9-10,14,16H,3-8,11-13,15H2,1-2H3. The number of nitrogens with zero attached hydrogens (tertiary/aromatic N) is 2. The lowest BCUT2D eigenvalue weighted by Gasteiger charge is -2.32. The summed E-state index contributed by atoms with van der Waals surface area (Å²) in [6, 6.07) is 4.45. The van der Waals surface area contributed by atoms with Gasteiger partial charge in [0.1, 0.15) is 10.6 Å². The molecule has 2 aliphatic heterocycles. The highest BCUT2D eigenvalue weighted by Crippen LogP contribution is 2.35. The van der Waals surface area contributed by atoms with E-state index in [4.69, 9.17) is 9.47 Å². The Morgan fingerprint density at radius 1 is 1.13 bits per heavy atom. The number of carbonyl (C=O) groups excluding carboxylic acids is 1. The van der Waals surface area contributed by atoms with Gasteiger partial charge in [0.05, 0.1) is 30.6 Å². The predicted molar refractivity (Wildman–Crippen MR) is 116 cm³/mol. The number of carbonyl (C=O) groups is 1. The first-order valence-corrected chi connectivity index (χ1v) is 13.7. The van der Waals surface area contributed by atoms with Gasteiger partial charge in [-0.05, 0) is 57.7 Å². The number of benzene rings is 1. The van der Waals surface area contributed by atoms with Gasteiger partial charge in [-0.15, -0.1) is 0 Å². The second kappa shape index (κ2) is 9.74. The molecule has 2 saturated heterocycles. The molecule has 11 heteroatoms. The average Bonchev–Trinajstić information content (AvgIpc) is 2.74. The van der Waals surface area contributed by atoms with E-state index in [2.05, 4.69) is 0 Å². The third kappa shape index (κ3) is 5.15. The Hall–Kier alpha value is -1.85. The van der Waals surface area contributed by atoms with Crippen LogP contribution in [0.1, 0.15) is 39.5 Å². The van der Waals surface area contributed by atoms with Crippen molar-refractivity contribution in [2.45, 2.75) is 44.4 Å². The van der Waals surface area contributed by atoms with Crippen molar-refractivity contribution in [1.29, 1.82) is 0 Å². The zero-order chi connectivity index (χ0) is 22.6. The van der Waals surface area contributed by atoms with Crippen molar-refractivity contribution >= 4 is 31.7 Å². The highest BCUT2D eigenvalue weighted by Gasteiger charge is 2.36. The van der Waals surface area contributed by atoms with Gasteiger partial charge < -0.3 is 9.47 Å². The lowest BCUT2D eigenvalue weighted by molar-refractivity contribution is -0.149. The fourth-order valence-electron chi connectivity index (χ4n) is 3.96. The topological polar surface area (TPSA) is 110 Å². The van der Waals surface area contributed by atoms with Crippen LogP contribution in [0.5, 0.6) is 5.75 Å². The molecule has 174 valence electrons. The summed E-state index contributed by atoms with van der Waals surface area (Å²) in [7, 11) is -7.51. The summed E-state index contributed by atoms with van der Waals surface area (Å²) in [4.78, 5) is 12.1. The number of sulfonamides is 2. The highest BCUT2D eigenvalue weighted by atomic mass is 32.2. The molecule has 0 amide bonds. The number of hydrogen-bond donors (Lipinski definition) is 0. The molecule has 1 aromatic rings. The molecule has 31 heavy (non-hydrogen) atoms. The molecule has 9 nitrogen and oxygen atoms in total. The van der Waals surface area contributed by atoms with Gasteiger partial charge in [-0.25, -0.2) is 16.8 Å². The molecule has 0 N–H and O–H groups in total. The first-order chi connectivity index (χ1) is 14.7. The summed E-state index contributed by atoms with van der Waals surface area (Å²) in [6.07, 6.45) is 2.40. The quantitative estimate of drug-likeness (QED) is 0.556. The lowest BCUT2D eigenvalue weighted by Crippen LogP contribution is -2.43. The van der Waals surface area contributed by atoms with E-state index in [9.17, 15) is 21.6 Å². The molecular weight excluding hydrogens is 444 g/mol. The van der Waals surface area contributed by atoms with Crippen molar-refractivity contribution in [3.63, 3.8) is 0 Å². The summed E-state index contributed by atoms with van der Waals surface area (Å²) < 4.78 is 65.3. The molecular formula is C20H30N2O7S2. The van der Waals surface area contributed by atoms with Crippen molar-refractivity contribution in [2.75, 3.05) is 42.9 Å². The Morgan fingerprint density at radius 3 is 2.58 bits per heavy atom. The number of rotatable bonds is 7. The second-order valence-corrected chi connectivity index (χ2v) is 11.5. The maximum absolute atomic E-state index is 13.5. The average molecular weight is 475 g/mol. The predicted octanol–water partition coefficient (Wildman–Crippen LogP) is 1.98. The number of anilines is 1. The van der Waals surface area contributed by atoms with E-state index in [1.807, 2.05) is 0 Å². The Labute approximate surface area is 184 Å². The van der Waals surface area contributed by atoms with Gasteiger partial charge >= 0.3 is 5.97 Å². The zero-order valence-corrected chi connectivity index (χ0v) is 19.6. The minimum atomic E-state index is -4.02. The van der Waals surface area contributed by atoms with Gasteiger partial charge in [-0.3, -0.25) is 9.10 Å². The van der Waals surface area contributed by atoms with Crippen molar-refractivity contribution in [1.82, 2.24) is 4.31 Å². The molecule has 1 aromatic carbocycles. The van der Waals surface area contributed by atoms with E-state index in [0.717, 1.165) is 0 Å². The normalized spacial score (nSPS) is 22.1. The summed E-state index contributed by atoms with van der Waals surface area (Å²) in [5.74, 6) is -0.723. The van der Waals surface area contributed by atoms with Crippen molar-refractivity contribution < 1.29 is 31.1 Å². The van der Waals surface area contributed by atoms with Crippen LogP contribution < -0.4 is 9.04 Å². The maximum Gasteiger partial charge on any atom is 0.310 e. The van der Waals surface area contributed by atoms with E-state index in [1.165, 1.54) is 20.7 Å². The number of esters is 1. The highest BCUT2D eigenvalue weighted by molar-refractivity contribution is 7.92. The van der Waals surface area contributed by atoms with E-state index in [-0.39, 0.29) is 42.7 Å². The molecule has 0 spiro atoms. The van der Waals surface area contributed by atoms with Crippen LogP contribution in [0.3, 0.4) is 0 Å². The molecule has 0 radical (unpaired) electrons. The minimum Gasteiger partial charge on any atom is -0.492 e. The Morgan fingerprint density at radius 2 is 1.90 bits per heavy atom. The summed E-state index contributed by atoms with van der Waals surface area (Å²) >= 11 is 0. The maximum atomic E-state index is 13.5. The SMILES string of the molecule is CCOC(=O)C1CCCN(S(=O)(=O)c2cc(N3CCCCS3(=O)=O)ccc2OCC)C1. The molecule has 2 heterocycles. The zero-order valence-electron chi connectivity index (χ0n) is 17.9. The van der Waals surface area contributed by atoms with Gasteiger partial charge in [0.15, 0.2) is 0 Å². The van der Waals surface area contributed by atoms with Gasteiger partial charge in [-0.2, -0.15) is 4.31 Å².